The number of carbonyl (C=O) groups is 1. The summed E-state index contributed by atoms with van der Waals surface area (Å²) in [4.78, 5) is 14.8. The maximum absolute atomic E-state index is 12.6. The molecule has 1 unspecified atom stereocenters. The van der Waals surface area contributed by atoms with Gasteiger partial charge in [0.1, 0.15) is 0 Å². The molecule has 3 nitrogen and oxygen atoms in total. The minimum Gasteiger partial charge on any atom is -0.342 e. The van der Waals surface area contributed by atoms with Crippen LogP contribution in [-0.4, -0.2) is 37.0 Å². The zero-order valence-corrected chi connectivity index (χ0v) is 12.7. The number of nitrogens with one attached hydrogen (secondary N) is 1. The smallest absolute Gasteiger partial charge is 0.222 e. The molecule has 112 valence electrons. The molecule has 1 N–H and O–H groups in total. The van der Waals surface area contributed by atoms with Crippen LogP contribution in [0.4, 0.5) is 0 Å². The zero-order valence-electron chi connectivity index (χ0n) is 12.7. The van der Waals surface area contributed by atoms with Crippen molar-refractivity contribution in [2.24, 2.45) is 29.6 Å². The molecule has 5 rings (SSSR count). The molecule has 4 aliphatic carbocycles. The molecule has 1 aliphatic heterocycles. The van der Waals surface area contributed by atoms with Gasteiger partial charge in [-0.15, -0.1) is 0 Å². The number of carbonyl (C=O) groups excluding carboxylic acids is 1. The normalized spacial score (nSPS) is 45.9. The molecule has 0 aromatic carbocycles. The molecule has 1 amide bonds. The van der Waals surface area contributed by atoms with Gasteiger partial charge in [-0.05, 0) is 81.2 Å². The van der Waals surface area contributed by atoms with Crippen molar-refractivity contribution in [2.75, 3.05) is 20.1 Å². The first-order valence-electron chi connectivity index (χ1n) is 8.67. The van der Waals surface area contributed by atoms with Crippen molar-refractivity contribution in [1.29, 1.82) is 0 Å². The summed E-state index contributed by atoms with van der Waals surface area (Å²) in [6, 6.07) is 0.574. The van der Waals surface area contributed by atoms with Crippen molar-refractivity contribution in [3.8, 4) is 0 Å². The van der Waals surface area contributed by atoms with Crippen LogP contribution in [0, 0.1) is 29.6 Å². The monoisotopic (exact) mass is 276 g/mol. The van der Waals surface area contributed by atoms with Gasteiger partial charge in [-0.2, -0.15) is 0 Å². The van der Waals surface area contributed by atoms with Crippen molar-refractivity contribution in [2.45, 2.75) is 51.0 Å². The highest BCUT2D eigenvalue weighted by atomic mass is 16.2. The fraction of sp³-hybridized carbons (Fsp3) is 0.941. The highest BCUT2D eigenvalue weighted by Crippen LogP contribution is 2.55. The lowest BCUT2D eigenvalue weighted by Crippen LogP contribution is -2.56. The molecule has 20 heavy (non-hydrogen) atoms. The summed E-state index contributed by atoms with van der Waals surface area (Å²) in [6.07, 6.45) is 9.06. The Balaban J connectivity index is 1.42. The topological polar surface area (TPSA) is 32.3 Å². The molecular weight excluding hydrogens is 248 g/mol. The Morgan fingerprint density at radius 3 is 2.30 bits per heavy atom. The second-order valence-corrected chi connectivity index (χ2v) is 7.99. The van der Waals surface area contributed by atoms with Crippen LogP contribution in [0.15, 0.2) is 0 Å². The van der Waals surface area contributed by atoms with Gasteiger partial charge in [0.2, 0.25) is 5.91 Å². The molecule has 0 spiro atoms. The van der Waals surface area contributed by atoms with E-state index < -0.39 is 0 Å². The van der Waals surface area contributed by atoms with Gasteiger partial charge < -0.3 is 10.2 Å². The van der Waals surface area contributed by atoms with E-state index in [4.69, 9.17) is 0 Å². The summed E-state index contributed by atoms with van der Waals surface area (Å²) in [5, 5.41) is 3.38. The maximum Gasteiger partial charge on any atom is 0.222 e. The van der Waals surface area contributed by atoms with Gasteiger partial charge in [-0.1, -0.05) is 0 Å². The molecule has 4 saturated carbocycles. The highest BCUT2D eigenvalue weighted by molar-refractivity contribution is 5.76. The van der Waals surface area contributed by atoms with Crippen LogP contribution < -0.4 is 5.32 Å². The highest BCUT2D eigenvalue weighted by Gasteiger charge is 2.50. The third kappa shape index (κ3) is 2.18. The molecule has 3 heteroatoms. The Labute approximate surface area is 122 Å². The summed E-state index contributed by atoms with van der Waals surface area (Å²) < 4.78 is 0. The number of amides is 1. The Bertz CT molecular complexity index is 360. The first-order chi connectivity index (χ1) is 9.70. The van der Waals surface area contributed by atoms with Crippen LogP contribution in [-0.2, 0) is 4.79 Å². The van der Waals surface area contributed by atoms with E-state index in [0.29, 0.717) is 17.9 Å². The van der Waals surface area contributed by atoms with E-state index in [9.17, 15) is 4.79 Å². The van der Waals surface area contributed by atoms with E-state index in [0.717, 1.165) is 43.2 Å². The van der Waals surface area contributed by atoms with Crippen LogP contribution in [0.2, 0.25) is 0 Å². The lowest BCUT2D eigenvalue weighted by atomic mass is 9.54. The van der Waals surface area contributed by atoms with E-state index in [1.807, 2.05) is 0 Å². The minimum absolute atomic E-state index is 0.413. The molecule has 5 fully saturated rings. The molecular formula is C17H28N2O. The predicted octanol–water partition coefficient (Wildman–Crippen LogP) is 2.27. The van der Waals surface area contributed by atoms with Crippen LogP contribution in [0.3, 0.4) is 0 Å². The summed E-state index contributed by atoms with van der Waals surface area (Å²) in [5.74, 6) is 4.63. The van der Waals surface area contributed by atoms with Crippen molar-refractivity contribution >= 4 is 5.91 Å². The van der Waals surface area contributed by atoms with E-state index in [1.54, 1.807) is 0 Å². The van der Waals surface area contributed by atoms with Gasteiger partial charge in [0.15, 0.2) is 0 Å². The van der Waals surface area contributed by atoms with Crippen molar-refractivity contribution in [3.05, 3.63) is 0 Å². The summed E-state index contributed by atoms with van der Waals surface area (Å²) in [6.45, 7) is 2.14. The van der Waals surface area contributed by atoms with Gasteiger partial charge >= 0.3 is 0 Å². The van der Waals surface area contributed by atoms with Crippen LogP contribution in [0.5, 0.6) is 0 Å². The van der Waals surface area contributed by atoms with Crippen molar-refractivity contribution < 1.29 is 4.79 Å². The largest absolute Gasteiger partial charge is 0.342 e. The number of rotatable bonds is 3. The van der Waals surface area contributed by atoms with Crippen LogP contribution in [0.1, 0.15) is 44.9 Å². The van der Waals surface area contributed by atoms with E-state index >= 15 is 0 Å². The number of hydrogen-bond donors (Lipinski definition) is 1. The molecule has 0 radical (unpaired) electrons. The van der Waals surface area contributed by atoms with Gasteiger partial charge in [0.05, 0.1) is 0 Å². The molecule has 1 atom stereocenters. The number of nitrogens with zero attached hydrogens (tertiary/aromatic N) is 1. The van der Waals surface area contributed by atoms with Gasteiger partial charge in [0, 0.05) is 19.5 Å². The van der Waals surface area contributed by atoms with Crippen LogP contribution in [0.25, 0.3) is 0 Å². The third-order valence-corrected chi connectivity index (χ3v) is 6.64. The SMILES string of the molecule is CN(C(=O)CC1CCNC1)C1C2CC3CC(C2)CC1C3. The second kappa shape index (κ2) is 5.01. The third-order valence-electron chi connectivity index (χ3n) is 6.64. The Morgan fingerprint density at radius 1 is 1.10 bits per heavy atom. The van der Waals surface area contributed by atoms with Gasteiger partial charge in [0.25, 0.3) is 0 Å². The van der Waals surface area contributed by atoms with Crippen molar-refractivity contribution in [1.82, 2.24) is 10.2 Å². The fourth-order valence-corrected chi connectivity index (χ4v) is 5.97. The quantitative estimate of drug-likeness (QED) is 0.857. The predicted molar refractivity (Wildman–Crippen MR) is 79.2 cm³/mol. The Hall–Kier alpha value is -0.570. The van der Waals surface area contributed by atoms with Gasteiger partial charge in [-0.3, -0.25) is 4.79 Å². The maximum atomic E-state index is 12.6. The van der Waals surface area contributed by atoms with E-state index in [-0.39, 0.29) is 0 Å². The first kappa shape index (κ1) is 13.1. The summed E-state index contributed by atoms with van der Waals surface area (Å²) >= 11 is 0. The summed E-state index contributed by atoms with van der Waals surface area (Å²) in [5.41, 5.74) is 0. The van der Waals surface area contributed by atoms with Crippen LogP contribution >= 0.6 is 0 Å². The molecule has 5 aliphatic rings. The Kier molecular flexibility index (Phi) is 3.29. The van der Waals surface area contributed by atoms with Gasteiger partial charge in [-0.25, -0.2) is 0 Å². The standard InChI is InChI=1S/C17H28N2O/c1-19(16(20)9-11-2-3-18-10-11)17-14-5-12-4-13(7-14)8-15(17)6-12/h11-15,17-18H,2-10H2,1H3. The van der Waals surface area contributed by atoms with E-state index in [2.05, 4.69) is 17.3 Å². The van der Waals surface area contributed by atoms with Crippen molar-refractivity contribution in [3.63, 3.8) is 0 Å². The minimum atomic E-state index is 0.413. The average molecular weight is 276 g/mol. The molecule has 0 aromatic heterocycles. The molecule has 0 aromatic rings. The Morgan fingerprint density at radius 2 is 1.75 bits per heavy atom. The molecule has 4 bridgehead atoms. The van der Waals surface area contributed by atoms with E-state index in [1.165, 1.54) is 38.5 Å². The molecule has 1 heterocycles. The zero-order chi connectivity index (χ0) is 13.7. The fourth-order valence-electron chi connectivity index (χ4n) is 5.97. The first-order valence-corrected chi connectivity index (χ1v) is 8.67. The lowest BCUT2D eigenvalue weighted by Gasteiger charge is -2.56. The summed E-state index contributed by atoms with van der Waals surface area (Å²) in [7, 11) is 2.09. The second-order valence-electron chi connectivity index (χ2n) is 7.99. The lowest BCUT2D eigenvalue weighted by molar-refractivity contribution is -0.142. The average Bonchev–Trinajstić information content (AvgIpc) is 2.90. The number of hydrogen-bond acceptors (Lipinski definition) is 2. The molecule has 1 saturated heterocycles.